The monoisotopic (exact) mass is 339 g/mol. The van der Waals surface area contributed by atoms with E-state index in [1.807, 2.05) is 18.2 Å². The van der Waals surface area contributed by atoms with E-state index < -0.39 is 0 Å². The second-order valence-corrected chi connectivity index (χ2v) is 6.17. The number of aliphatic hydroxyl groups excluding tert-OH is 1. The second kappa shape index (κ2) is 8.82. The molecule has 1 aromatic heterocycles. The lowest BCUT2D eigenvalue weighted by Crippen LogP contribution is -2.26. The van der Waals surface area contributed by atoms with E-state index in [0.717, 1.165) is 23.6 Å². The van der Waals surface area contributed by atoms with Gasteiger partial charge >= 0.3 is 0 Å². The summed E-state index contributed by atoms with van der Waals surface area (Å²) in [6.07, 6.45) is 2.49. The zero-order chi connectivity index (χ0) is 15.8. The molecule has 7 heteroatoms. The number of para-hydroxylation sites is 1. The first kappa shape index (κ1) is 16.9. The molecule has 2 N–H and O–H groups in total. The first-order chi connectivity index (χ1) is 10.7. The number of carbonyl (C=O) groups excluding carboxylic acids is 1. The van der Waals surface area contributed by atoms with Crippen LogP contribution in [0.25, 0.3) is 5.69 Å². The SMILES string of the molecule is O=C(NCCSCCCO)c1ccn(-c2ccccc2Cl)n1. The Morgan fingerprint density at radius 1 is 1.32 bits per heavy atom. The number of benzene rings is 1. The number of nitrogens with one attached hydrogen (secondary N) is 1. The van der Waals surface area contributed by atoms with E-state index >= 15 is 0 Å². The highest BCUT2D eigenvalue weighted by molar-refractivity contribution is 7.99. The Bertz CT molecular complexity index is 618. The summed E-state index contributed by atoms with van der Waals surface area (Å²) in [5.74, 6) is 1.51. The van der Waals surface area contributed by atoms with Gasteiger partial charge in [-0.1, -0.05) is 23.7 Å². The number of carbonyl (C=O) groups is 1. The fourth-order valence-corrected chi connectivity index (χ4v) is 2.82. The predicted molar refractivity (Wildman–Crippen MR) is 89.9 cm³/mol. The van der Waals surface area contributed by atoms with Crippen LogP contribution in [0.15, 0.2) is 36.5 Å². The molecule has 2 rings (SSSR count). The Morgan fingerprint density at radius 3 is 2.91 bits per heavy atom. The lowest BCUT2D eigenvalue weighted by Gasteiger charge is -2.04. The molecule has 0 atom stereocenters. The normalized spacial score (nSPS) is 10.6. The molecule has 0 aliphatic carbocycles. The minimum Gasteiger partial charge on any atom is -0.396 e. The lowest BCUT2D eigenvalue weighted by atomic mass is 10.3. The van der Waals surface area contributed by atoms with E-state index in [2.05, 4.69) is 10.4 Å². The van der Waals surface area contributed by atoms with Crippen molar-refractivity contribution >= 4 is 29.3 Å². The third-order valence-electron chi connectivity index (χ3n) is 2.90. The van der Waals surface area contributed by atoms with Crippen molar-refractivity contribution in [2.45, 2.75) is 6.42 Å². The molecule has 1 aromatic carbocycles. The van der Waals surface area contributed by atoms with Crippen LogP contribution in [-0.4, -0.2) is 45.5 Å². The average Bonchev–Trinajstić information content (AvgIpc) is 3.01. The van der Waals surface area contributed by atoms with E-state index in [1.165, 1.54) is 0 Å². The molecule has 22 heavy (non-hydrogen) atoms. The summed E-state index contributed by atoms with van der Waals surface area (Å²) in [6.45, 7) is 0.784. The maximum absolute atomic E-state index is 12.0. The summed E-state index contributed by atoms with van der Waals surface area (Å²) in [6, 6.07) is 9.00. The third-order valence-corrected chi connectivity index (χ3v) is 4.29. The molecule has 118 valence electrons. The van der Waals surface area contributed by atoms with Crippen LogP contribution in [-0.2, 0) is 0 Å². The van der Waals surface area contributed by atoms with Gasteiger partial charge in [0.05, 0.1) is 10.7 Å². The summed E-state index contributed by atoms with van der Waals surface area (Å²) in [5, 5.41) is 16.3. The number of amides is 1. The number of hydrogen-bond donors (Lipinski definition) is 2. The van der Waals surface area contributed by atoms with Gasteiger partial charge in [-0.3, -0.25) is 4.79 Å². The number of aliphatic hydroxyl groups is 1. The summed E-state index contributed by atoms with van der Waals surface area (Å²) in [7, 11) is 0. The van der Waals surface area contributed by atoms with Crippen molar-refractivity contribution < 1.29 is 9.90 Å². The standard InChI is InChI=1S/C15H18ClN3O2S/c16-12-4-1-2-5-14(12)19-8-6-13(18-19)15(21)17-7-11-22-10-3-9-20/h1-2,4-6,8,20H,3,7,9-11H2,(H,17,21). The van der Waals surface area contributed by atoms with Crippen LogP contribution in [0, 0.1) is 0 Å². The van der Waals surface area contributed by atoms with Crippen molar-refractivity contribution in [1.82, 2.24) is 15.1 Å². The molecule has 5 nitrogen and oxygen atoms in total. The lowest BCUT2D eigenvalue weighted by molar-refractivity contribution is 0.0951. The number of halogens is 1. The molecular formula is C15H18ClN3O2S. The summed E-state index contributed by atoms with van der Waals surface area (Å²) in [5.41, 5.74) is 1.10. The van der Waals surface area contributed by atoms with Crippen LogP contribution < -0.4 is 5.32 Å². The number of hydrogen-bond acceptors (Lipinski definition) is 4. The van der Waals surface area contributed by atoms with Gasteiger partial charge in [0.25, 0.3) is 5.91 Å². The largest absolute Gasteiger partial charge is 0.396 e. The molecule has 0 fully saturated rings. The van der Waals surface area contributed by atoms with Gasteiger partial charge in [-0.05, 0) is 30.4 Å². The van der Waals surface area contributed by atoms with Gasteiger partial charge in [-0.15, -0.1) is 0 Å². The Hall–Kier alpha value is -1.50. The first-order valence-electron chi connectivity index (χ1n) is 7.00. The Kier molecular flexibility index (Phi) is 6.76. The van der Waals surface area contributed by atoms with Gasteiger partial charge in [0, 0.05) is 25.1 Å². The molecule has 0 aliphatic heterocycles. The number of thioether (sulfide) groups is 1. The first-order valence-corrected chi connectivity index (χ1v) is 8.53. The molecular weight excluding hydrogens is 322 g/mol. The van der Waals surface area contributed by atoms with Crippen LogP contribution >= 0.6 is 23.4 Å². The number of aromatic nitrogens is 2. The molecule has 0 radical (unpaired) electrons. The van der Waals surface area contributed by atoms with E-state index in [4.69, 9.17) is 16.7 Å². The average molecular weight is 340 g/mol. The third kappa shape index (κ3) is 4.76. The summed E-state index contributed by atoms with van der Waals surface area (Å²) >= 11 is 7.81. The van der Waals surface area contributed by atoms with Crippen LogP contribution in [0.4, 0.5) is 0 Å². The Morgan fingerprint density at radius 2 is 2.14 bits per heavy atom. The number of rotatable bonds is 8. The highest BCUT2D eigenvalue weighted by Crippen LogP contribution is 2.18. The van der Waals surface area contributed by atoms with E-state index in [0.29, 0.717) is 17.3 Å². The quantitative estimate of drug-likeness (QED) is 0.725. The summed E-state index contributed by atoms with van der Waals surface area (Å²) < 4.78 is 1.59. The highest BCUT2D eigenvalue weighted by atomic mass is 35.5. The van der Waals surface area contributed by atoms with Crippen molar-refractivity contribution in [1.29, 1.82) is 0 Å². The van der Waals surface area contributed by atoms with Gasteiger partial charge in [0.15, 0.2) is 5.69 Å². The molecule has 0 saturated heterocycles. The molecule has 0 bridgehead atoms. The van der Waals surface area contributed by atoms with Gasteiger partial charge in [-0.25, -0.2) is 4.68 Å². The highest BCUT2D eigenvalue weighted by Gasteiger charge is 2.10. The van der Waals surface area contributed by atoms with E-state index in [9.17, 15) is 4.79 Å². The van der Waals surface area contributed by atoms with Crippen LogP contribution in [0.5, 0.6) is 0 Å². The zero-order valence-corrected chi connectivity index (χ0v) is 13.6. The Labute approximate surface area is 138 Å². The molecule has 0 unspecified atom stereocenters. The molecule has 0 spiro atoms. The van der Waals surface area contributed by atoms with E-state index in [1.54, 1.807) is 34.8 Å². The topological polar surface area (TPSA) is 67.2 Å². The van der Waals surface area contributed by atoms with Crippen LogP contribution in [0.1, 0.15) is 16.9 Å². The molecule has 2 aromatic rings. The summed E-state index contributed by atoms with van der Waals surface area (Å²) in [4.78, 5) is 12.0. The van der Waals surface area contributed by atoms with Crippen molar-refractivity contribution in [2.75, 3.05) is 24.7 Å². The van der Waals surface area contributed by atoms with Gasteiger partial charge in [0.1, 0.15) is 0 Å². The van der Waals surface area contributed by atoms with Crippen molar-refractivity contribution in [3.05, 3.63) is 47.2 Å². The molecule has 0 saturated carbocycles. The zero-order valence-electron chi connectivity index (χ0n) is 12.0. The Balaban J connectivity index is 1.86. The van der Waals surface area contributed by atoms with Crippen LogP contribution in [0.2, 0.25) is 5.02 Å². The van der Waals surface area contributed by atoms with Crippen LogP contribution in [0.3, 0.4) is 0 Å². The molecule has 1 amide bonds. The van der Waals surface area contributed by atoms with E-state index in [-0.39, 0.29) is 12.5 Å². The number of nitrogens with zero attached hydrogens (tertiary/aromatic N) is 2. The second-order valence-electron chi connectivity index (χ2n) is 4.54. The maximum atomic E-state index is 12.0. The smallest absolute Gasteiger partial charge is 0.271 e. The predicted octanol–water partition coefficient (Wildman–Crippen LogP) is 2.37. The maximum Gasteiger partial charge on any atom is 0.271 e. The van der Waals surface area contributed by atoms with Crippen molar-refractivity contribution in [3.8, 4) is 5.69 Å². The minimum absolute atomic E-state index is 0.200. The van der Waals surface area contributed by atoms with Gasteiger partial charge in [-0.2, -0.15) is 16.9 Å². The molecule has 1 heterocycles. The van der Waals surface area contributed by atoms with Crippen molar-refractivity contribution in [3.63, 3.8) is 0 Å². The van der Waals surface area contributed by atoms with Gasteiger partial charge in [0.2, 0.25) is 0 Å². The fraction of sp³-hybridized carbons (Fsp3) is 0.333. The molecule has 0 aliphatic rings. The fourth-order valence-electron chi connectivity index (χ4n) is 1.81. The minimum atomic E-state index is -0.200. The van der Waals surface area contributed by atoms with Gasteiger partial charge < -0.3 is 10.4 Å². The van der Waals surface area contributed by atoms with Crippen molar-refractivity contribution in [2.24, 2.45) is 0 Å².